The SMILES string of the molecule is c1ccc(P(c2ccccc2)c2ccc3ccccc3c2Op2oc3ccc4ccccc4c3c3c(ccc4ccccc43)o2)cc1. The van der Waals surface area contributed by atoms with E-state index in [0.29, 0.717) is 0 Å². The van der Waals surface area contributed by atoms with Gasteiger partial charge in [0.05, 0.1) is 0 Å². The van der Waals surface area contributed by atoms with Crippen LogP contribution in [0.1, 0.15) is 0 Å². The van der Waals surface area contributed by atoms with Crippen LogP contribution in [-0.2, 0) is 0 Å². The molecule has 8 aromatic carbocycles. The number of rotatable bonds is 5. The average molecular weight is 643 g/mol. The van der Waals surface area contributed by atoms with E-state index in [1.165, 1.54) is 10.6 Å². The fraction of sp³-hybridized carbons (Fsp3) is 0. The van der Waals surface area contributed by atoms with Gasteiger partial charge in [0.15, 0.2) is 5.75 Å². The van der Waals surface area contributed by atoms with Crippen LogP contribution in [0.15, 0.2) is 178 Å². The number of hydrogen-bond donors (Lipinski definition) is 0. The van der Waals surface area contributed by atoms with E-state index in [1.54, 1.807) is 0 Å². The van der Waals surface area contributed by atoms with Crippen LogP contribution < -0.4 is 20.4 Å². The zero-order chi connectivity index (χ0) is 31.2. The van der Waals surface area contributed by atoms with E-state index in [9.17, 15) is 0 Å². The van der Waals surface area contributed by atoms with Crippen LogP contribution in [-0.4, -0.2) is 0 Å². The molecule has 0 fully saturated rings. The predicted octanol–water partition coefficient (Wildman–Crippen LogP) is 11.3. The largest absolute Gasteiger partial charge is 0.453 e. The van der Waals surface area contributed by atoms with Crippen molar-refractivity contribution in [3.8, 4) is 5.75 Å². The van der Waals surface area contributed by atoms with Crippen LogP contribution in [0, 0.1) is 0 Å². The second kappa shape index (κ2) is 11.8. The second-order valence-corrected chi connectivity index (χ2v) is 14.6. The molecule has 1 heterocycles. The Hall–Kier alpha value is -5.33. The second-order valence-electron chi connectivity index (χ2n) is 11.5. The van der Waals surface area contributed by atoms with Crippen LogP contribution in [0.2, 0.25) is 0 Å². The smallest absolute Gasteiger partial charge is 0.390 e. The van der Waals surface area contributed by atoms with Crippen LogP contribution in [0.3, 0.4) is 0 Å². The minimum absolute atomic E-state index is 0.750. The molecule has 0 atom stereocenters. The van der Waals surface area contributed by atoms with Crippen molar-refractivity contribution < 1.29 is 12.9 Å². The number of fused-ring (bicyclic) bond motifs is 8. The van der Waals surface area contributed by atoms with Gasteiger partial charge in [-0.15, -0.1) is 0 Å². The maximum absolute atomic E-state index is 7.08. The van der Waals surface area contributed by atoms with Crippen molar-refractivity contribution >= 4 is 86.3 Å². The van der Waals surface area contributed by atoms with Crippen molar-refractivity contribution in [2.24, 2.45) is 0 Å². The van der Waals surface area contributed by atoms with Crippen molar-refractivity contribution in [3.63, 3.8) is 0 Å². The highest BCUT2D eigenvalue weighted by molar-refractivity contribution is 7.80. The first-order chi connectivity index (χ1) is 23.3. The Morgan fingerprint density at radius 3 is 1.36 bits per heavy atom. The third kappa shape index (κ3) is 4.97. The Bertz CT molecular complexity index is 2480. The van der Waals surface area contributed by atoms with Gasteiger partial charge < -0.3 is 12.9 Å². The Kier molecular flexibility index (Phi) is 7.01. The molecule has 0 amide bonds. The molecule has 0 aliphatic heterocycles. The average Bonchev–Trinajstić information content (AvgIpc) is 3.30. The van der Waals surface area contributed by atoms with Crippen LogP contribution >= 0.6 is 16.2 Å². The van der Waals surface area contributed by atoms with Crippen molar-refractivity contribution in [2.75, 3.05) is 0 Å². The topological polar surface area (TPSA) is 35.5 Å². The van der Waals surface area contributed by atoms with Gasteiger partial charge in [-0.25, -0.2) is 0 Å². The van der Waals surface area contributed by atoms with E-state index in [2.05, 4.69) is 170 Å². The minimum Gasteiger partial charge on any atom is -0.390 e. The first-order valence-electron chi connectivity index (χ1n) is 15.6. The van der Waals surface area contributed by atoms with E-state index < -0.39 is 16.2 Å². The molecule has 0 N–H and O–H groups in total. The predicted molar refractivity (Wildman–Crippen MR) is 200 cm³/mol. The summed E-state index contributed by atoms with van der Waals surface area (Å²) in [5.74, 6) is 0.791. The molecule has 9 aromatic rings. The lowest BCUT2D eigenvalue weighted by atomic mass is 9.99. The summed E-state index contributed by atoms with van der Waals surface area (Å²) in [6.07, 6.45) is 0. The summed E-state index contributed by atoms with van der Waals surface area (Å²) < 4.78 is 20.7. The van der Waals surface area contributed by atoms with Crippen LogP contribution in [0.25, 0.3) is 54.3 Å². The van der Waals surface area contributed by atoms with E-state index in [1.807, 2.05) is 0 Å². The quantitative estimate of drug-likeness (QED) is 0.175. The first kappa shape index (κ1) is 27.9. The lowest BCUT2D eigenvalue weighted by Crippen LogP contribution is -2.21. The molecular formula is C42H28O3P2. The minimum atomic E-state index is -1.90. The Labute approximate surface area is 274 Å². The summed E-state index contributed by atoms with van der Waals surface area (Å²) in [7, 11) is -2.85. The van der Waals surface area contributed by atoms with E-state index in [-0.39, 0.29) is 0 Å². The zero-order valence-corrected chi connectivity index (χ0v) is 27.1. The highest BCUT2D eigenvalue weighted by Crippen LogP contribution is 2.45. The third-order valence-corrected chi connectivity index (χ3v) is 12.2. The fourth-order valence-electron chi connectivity index (χ4n) is 6.55. The highest BCUT2D eigenvalue weighted by atomic mass is 31.1. The maximum atomic E-state index is 7.08. The molecular weight excluding hydrogens is 614 g/mol. The molecule has 0 spiro atoms. The monoisotopic (exact) mass is 642 g/mol. The normalized spacial score (nSPS) is 11.6. The van der Waals surface area contributed by atoms with E-state index >= 15 is 0 Å². The lowest BCUT2D eigenvalue weighted by Gasteiger charge is -2.22. The van der Waals surface area contributed by atoms with Crippen molar-refractivity contribution in [1.29, 1.82) is 0 Å². The van der Waals surface area contributed by atoms with Gasteiger partial charge >= 0.3 is 8.24 Å². The maximum Gasteiger partial charge on any atom is 0.453 e. The molecule has 0 aliphatic rings. The Balaban J connectivity index is 1.35. The van der Waals surface area contributed by atoms with Gasteiger partial charge in [-0.3, -0.25) is 0 Å². The van der Waals surface area contributed by atoms with Gasteiger partial charge in [0.2, 0.25) is 0 Å². The summed E-state index contributed by atoms with van der Waals surface area (Å²) in [6.45, 7) is 0. The molecule has 0 aliphatic carbocycles. The van der Waals surface area contributed by atoms with Gasteiger partial charge in [-0.05, 0) is 63.7 Å². The van der Waals surface area contributed by atoms with Gasteiger partial charge in [0.1, 0.15) is 11.2 Å². The molecule has 0 unspecified atom stereocenters. The van der Waals surface area contributed by atoms with Gasteiger partial charge in [-0.2, -0.15) is 0 Å². The van der Waals surface area contributed by atoms with Crippen molar-refractivity contribution in [1.82, 2.24) is 0 Å². The van der Waals surface area contributed by atoms with Crippen molar-refractivity contribution in [3.05, 3.63) is 170 Å². The fourth-order valence-corrected chi connectivity index (χ4v) is 10.1. The highest BCUT2D eigenvalue weighted by Gasteiger charge is 2.24. The summed E-state index contributed by atoms with van der Waals surface area (Å²) in [5, 5.41) is 12.3. The van der Waals surface area contributed by atoms with Gasteiger partial charge in [0.25, 0.3) is 0 Å². The van der Waals surface area contributed by atoms with E-state index in [4.69, 9.17) is 12.9 Å². The summed E-state index contributed by atoms with van der Waals surface area (Å²) in [6, 6.07) is 59.5. The summed E-state index contributed by atoms with van der Waals surface area (Å²) in [5.41, 5.74) is 1.50. The van der Waals surface area contributed by atoms with Gasteiger partial charge in [0, 0.05) is 21.5 Å². The zero-order valence-electron chi connectivity index (χ0n) is 25.3. The molecule has 9 rings (SSSR count). The molecule has 224 valence electrons. The lowest BCUT2D eigenvalue weighted by molar-refractivity contribution is 0.503. The Morgan fingerprint density at radius 2 is 0.830 bits per heavy atom. The molecule has 47 heavy (non-hydrogen) atoms. The number of hydrogen-bond acceptors (Lipinski definition) is 3. The van der Waals surface area contributed by atoms with Crippen LogP contribution in [0.4, 0.5) is 0 Å². The molecule has 0 radical (unpaired) electrons. The summed E-state index contributed by atoms with van der Waals surface area (Å²) in [4.78, 5) is 0. The first-order valence-corrected chi connectivity index (χ1v) is 18.1. The Morgan fingerprint density at radius 1 is 0.404 bits per heavy atom. The molecule has 0 saturated heterocycles. The molecule has 5 heteroatoms. The standard InChI is InChI=1S/C42H28O3P2/c1-3-16-32(17-4-1)46(33-18-5-2-6-19-33)39-28-25-31-15-9-12-22-36(31)42(39)45-47-43-37-26-23-29-13-7-10-20-34(29)40(37)41-35-21-11-8-14-30(35)24-27-38(41)44-47/h1-28H. The van der Waals surface area contributed by atoms with Crippen LogP contribution in [0.5, 0.6) is 5.75 Å². The molecule has 3 nitrogen and oxygen atoms in total. The molecule has 0 bridgehead atoms. The molecule has 0 saturated carbocycles. The third-order valence-electron chi connectivity index (χ3n) is 8.67. The van der Waals surface area contributed by atoms with Gasteiger partial charge in [-0.1, -0.05) is 152 Å². The summed E-state index contributed by atoms with van der Waals surface area (Å²) >= 11 is 0. The van der Waals surface area contributed by atoms with Crippen molar-refractivity contribution in [2.45, 2.75) is 0 Å². The number of benzene rings is 8. The molecule has 1 aromatic heterocycles. The van der Waals surface area contributed by atoms with E-state index in [0.717, 1.165) is 65.3 Å².